The summed E-state index contributed by atoms with van der Waals surface area (Å²) >= 11 is 1.48. The lowest BCUT2D eigenvalue weighted by atomic mass is 10.1. The Morgan fingerprint density at radius 3 is 2.93 bits per heavy atom. The lowest BCUT2D eigenvalue weighted by molar-refractivity contribution is 0.0606. The van der Waals surface area contributed by atoms with Crippen LogP contribution < -0.4 is 0 Å². The predicted octanol–water partition coefficient (Wildman–Crippen LogP) is 2.59. The predicted molar refractivity (Wildman–Crippen MR) is 54.7 cm³/mol. The van der Waals surface area contributed by atoms with Crippen LogP contribution in [-0.4, -0.2) is 18.1 Å². The lowest BCUT2D eigenvalue weighted by Crippen LogP contribution is -1.96. The first-order valence-electron chi connectivity index (χ1n) is 4.85. The minimum Gasteiger partial charge on any atom is -0.465 e. The van der Waals surface area contributed by atoms with Crippen molar-refractivity contribution >= 4 is 17.3 Å². The van der Waals surface area contributed by atoms with Gasteiger partial charge in [-0.2, -0.15) is 0 Å². The molecule has 1 aliphatic rings. The zero-order chi connectivity index (χ0) is 9.97. The van der Waals surface area contributed by atoms with E-state index in [1.54, 1.807) is 6.20 Å². The van der Waals surface area contributed by atoms with Gasteiger partial charge in [-0.1, -0.05) is 12.8 Å². The van der Waals surface area contributed by atoms with E-state index in [0.717, 1.165) is 5.01 Å². The summed E-state index contributed by atoms with van der Waals surface area (Å²) in [7, 11) is 1.40. The topological polar surface area (TPSA) is 39.2 Å². The van der Waals surface area contributed by atoms with E-state index in [1.807, 2.05) is 0 Å². The Kier molecular flexibility index (Phi) is 2.82. The normalized spacial score (nSPS) is 17.2. The molecule has 0 amide bonds. The van der Waals surface area contributed by atoms with Crippen molar-refractivity contribution < 1.29 is 9.53 Å². The molecule has 4 heteroatoms. The molecule has 1 saturated carbocycles. The highest BCUT2D eigenvalue weighted by atomic mass is 32.1. The molecule has 2 rings (SSSR count). The first-order valence-corrected chi connectivity index (χ1v) is 5.67. The lowest BCUT2D eigenvalue weighted by Gasteiger charge is -2.01. The quantitative estimate of drug-likeness (QED) is 0.706. The van der Waals surface area contributed by atoms with E-state index >= 15 is 0 Å². The van der Waals surface area contributed by atoms with Crippen molar-refractivity contribution in [2.75, 3.05) is 7.11 Å². The number of ether oxygens (including phenoxy) is 1. The zero-order valence-corrected chi connectivity index (χ0v) is 8.97. The molecule has 1 aromatic rings. The maximum absolute atomic E-state index is 11.2. The highest BCUT2D eigenvalue weighted by Crippen LogP contribution is 2.36. The fourth-order valence-electron chi connectivity index (χ4n) is 1.84. The van der Waals surface area contributed by atoms with Crippen LogP contribution in [0.3, 0.4) is 0 Å². The van der Waals surface area contributed by atoms with Crippen LogP contribution in [0, 0.1) is 0 Å². The van der Waals surface area contributed by atoms with Crippen molar-refractivity contribution in [3.8, 4) is 0 Å². The average Bonchev–Trinajstić information content (AvgIpc) is 2.86. The Balaban J connectivity index is 2.12. The van der Waals surface area contributed by atoms with Crippen LogP contribution in [0.2, 0.25) is 0 Å². The fourth-order valence-corrected chi connectivity index (χ4v) is 2.85. The van der Waals surface area contributed by atoms with E-state index < -0.39 is 0 Å². The zero-order valence-electron chi connectivity index (χ0n) is 8.16. The van der Waals surface area contributed by atoms with E-state index in [1.165, 1.54) is 44.1 Å². The van der Waals surface area contributed by atoms with Gasteiger partial charge in [-0.3, -0.25) is 0 Å². The number of carbonyl (C=O) groups is 1. The summed E-state index contributed by atoms with van der Waals surface area (Å²) in [5, 5.41) is 1.10. The Morgan fingerprint density at radius 2 is 2.29 bits per heavy atom. The molecule has 0 N–H and O–H groups in total. The van der Waals surface area contributed by atoms with Crippen LogP contribution in [0.25, 0.3) is 0 Å². The van der Waals surface area contributed by atoms with E-state index in [2.05, 4.69) is 9.72 Å². The molecule has 0 aromatic carbocycles. The summed E-state index contributed by atoms with van der Waals surface area (Å²) < 4.78 is 4.64. The molecule has 0 saturated heterocycles. The molecule has 0 spiro atoms. The highest BCUT2D eigenvalue weighted by molar-refractivity contribution is 7.13. The van der Waals surface area contributed by atoms with Gasteiger partial charge in [-0.15, -0.1) is 11.3 Å². The standard InChI is InChI=1S/C10H13NO2S/c1-13-10(12)8-6-11-9(14-8)7-4-2-3-5-7/h6-7H,2-5H2,1H3. The van der Waals surface area contributed by atoms with Gasteiger partial charge in [0.15, 0.2) is 0 Å². The van der Waals surface area contributed by atoms with E-state index in [-0.39, 0.29) is 5.97 Å². The first kappa shape index (κ1) is 9.65. The van der Waals surface area contributed by atoms with Crippen LogP contribution >= 0.6 is 11.3 Å². The molecule has 0 bridgehead atoms. The molecular weight excluding hydrogens is 198 g/mol. The first-order chi connectivity index (χ1) is 6.81. The third-order valence-electron chi connectivity index (χ3n) is 2.61. The summed E-state index contributed by atoms with van der Waals surface area (Å²) in [6.07, 6.45) is 6.64. The smallest absolute Gasteiger partial charge is 0.349 e. The molecule has 0 radical (unpaired) electrons. The second kappa shape index (κ2) is 4.09. The fraction of sp³-hybridized carbons (Fsp3) is 0.600. The molecule has 0 atom stereocenters. The highest BCUT2D eigenvalue weighted by Gasteiger charge is 2.21. The second-order valence-corrected chi connectivity index (χ2v) is 4.60. The molecule has 1 aromatic heterocycles. The van der Waals surface area contributed by atoms with E-state index in [4.69, 9.17) is 0 Å². The number of rotatable bonds is 2. The number of hydrogen-bond acceptors (Lipinski definition) is 4. The SMILES string of the molecule is COC(=O)c1cnc(C2CCCC2)s1. The van der Waals surface area contributed by atoms with Crippen molar-refractivity contribution in [3.63, 3.8) is 0 Å². The number of thiazole rings is 1. The Hall–Kier alpha value is -0.900. The molecule has 0 unspecified atom stereocenters. The number of hydrogen-bond donors (Lipinski definition) is 0. The van der Waals surface area contributed by atoms with Gasteiger partial charge in [0.1, 0.15) is 4.88 Å². The van der Waals surface area contributed by atoms with Crippen LogP contribution in [0.15, 0.2) is 6.20 Å². The third-order valence-corrected chi connectivity index (χ3v) is 3.75. The second-order valence-electron chi connectivity index (χ2n) is 3.54. The summed E-state index contributed by atoms with van der Waals surface area (Å²) in [4.78, 5) is 16.1. The summed E-state index contributed by atoms with van der Waals surface area (Å²) in [6.45, 7) is 0. The van der Waals surface area contributed by atoms with Crippen molar-refractivity contribution in [2.45, 2.75) is 31.6 Å². The molecule has 76 valence electrons. The number of carbonyl (C=O) groups excluding carboxylic acids is 1. The minimum absolute atomic E-state index is 0.272. The molecule has 14 heavy (non-hydrogen) atoms. The summed E-state index contributed by atoms with van der Waals surface area (Å²) in [6, 6.07) is 0. The third kappa shape index (κ3) is 1.80. The summed E-state index contributed by atoms with van der Waals surface area (Å²) in [5.41, 5.74) is 0. The van der Waals surface area contributed by atoms with Crippen molar-refractivity contribution in [3.05, 3.63) is 16.1 Å². The van der Waals surface area contributed by atoms with E-state index in [0.29, 0.717) is 10.8 Å². The van der Waals surface area contributed by atoms with Crippen LogP contribution in [-0.2, 0) is 4.74 Å². The van der Waals surface area contributed by atoms with Crippen molar-refractivity contribution in [2.24, 2.45) is 0 Å². The molecule has 3 nitrogen and oxygen atoms in total. The minimum atomic E-state index is -0.272. The summed E-state index contributed by atoms with van der Waals surface area (Å²) in [5.74, 6) is 0.310. The Labute approximate surface area is 87.1 Å². The Morgan fingerprint density at radius 1 is 1.57 bits per heavy atom. The van der Waals surface area contributed by atoms with Gasteiger partial charge in [0.05, 0.1) is 18.3 Å². The van der Waals surface area contributed by atoms with Gasteiger partial charge in [0, 0.05) is 5.92 Å². The number of esters is 1. The van der Waals surface area contributed by atoms with Crippen molar-refractivity contribution in [1.82, 2.24) is 4.98 Å². The van der Waals surface area contributed by atoms with Crippen LogP contribution in [0.4, 0.5) is 0 Å². The number of methoxy groups -OCH3 is 1. The maximum Gasteiger partial charge on any atom is 0.349 e. The van der Waals surface area contributed by atoms with Crippen molar-refractivity contribution in [1.29, 1.82) is 0 Å². The van der Waals surface area contributed by atoms with Gasteiger partial charge in [0.25, 0.3) is 0 Å². The van der Waals surface area contributed by atoms with E-state index in [9.17, 15) is 4.79 Å². The maximum atomic E-state index is 11.2. The van der Waals surface area contributed by atoms with Crippen LogP contribution in [0.5, 0.6) is 0 Å². The molecular formula is C10H13NO2S. The van der Waals surface area contributed by atoms with Gasteiger partial charge in [0.2, 0.25) is 0 Å². The largest absolute Gasteiger partial charge is 0.465 e. The monoisotopic (exact) mass is 211 g/mol. The molecule has 1 heterocycles. The van der Waals surface area contributed by atoms with Crippen LogP contribution in [0.1, 0.15) is 46.3 Å². The number of nitrogens with zero attached hydrogens (tertiary/aromatic N) is 1. The van der Waals surface area contributed by atoms with Gasteiger partial charge < -0.3 is 4.74 Å². The van der Waals surface area contributed by atoms with Gasteiger partial charge >= 0.3 is 5.97 Å². The van der Waals surface area contributed by atoms with Gasteiger partial charge in [-0.25, -0.2) is 9.78 Å². The molecule has 0 aliphatic heterocycles. The number of aromatic nitrogens is 1. The molecule has 1 fully saturated rings. The average molecular weight is 211 g/mol. The van der Waals surface area contributed by atoms with Gasteiger partial charge in [-0.05, 0) is 12.8 Å². The Bertz CT molecular complexity index is 329. The molecule has 1 aliphatic carbocycles.